The molecule has 7 heteroatoms. The van der Waals surface area contributed by atoms with Gasteiger partial charge in [0.15, 0.2) is 11.5 Å². The van der Waals surface area contributed by atoms with Crippen LogP contribution < -0.4 is 14.8 Å². The molecule has 3 rings (SSSR count). The van der Waals surface area contributed by atoms with Crippen LogP contribution in [0.15, 0.2) is 42.5 Å². The van der Waals surface area contributed by atoms with Gasteiger partial charge in [0.2, 0.25) is 6.79 Å². The number of rotatable bonds is 2. The van der Waals surface area contributed by atoms with Gasteiger partial charge in [0, 0.05) is 11.3 Å². The third kappa shape index (κ3) is 2.83. The standard InChI is InChI=1S/C15H10F3NO3/c16-15(17,18)10-2-4-11(5-3-10)19-14(20)9-1-6-12-13(7-9)22-8-21-12/h1-7H,8H2,(H,19,20). The van der Waals surface area contributed by atoms with Crippen molar-refractivity contribution in [3.63, 3.8) is 0 Å². The van der Waals surface area contributed by atoms with Crippen molar-refractivity contribution >= 4 is 11.6 Å². The van der Waals surface area contributed by atoms with Crippen LogP contribution >= 0.6 is 0 Å². The van der Waals surface area contributed by atoms with Crippen molar-refractivity contribution in [1.82, 2.24) is 0 Å². The molecule has 22 heavy (non-hydrogen) atoms. The van der Waals surface area contributed by atoms with Crippen LogP contribution in [0.5, 0.6) is 11.5 Å². The van der Waals surface area contributed by atoms with E-state index < -0.39 is 17.6 Å². The number of hydrogen-bond donors (Lipinski definition) is 1. The number of benzene rings is 2. The predicted octanol–water partition coefficient (Wildman–Crippen LogP) is 3.69. The molecule has 1 heterocycles. The van der Waals surface area contributed by atoms with E-state index in [1.54, 1.807) is 12.1 Å². The Morgan fingerprint density at radius 1 is 1.00 bits per heavy atom. The van der Waals surface area contributed by atoms with E-state index in [0.29, 0.717) is 17.1 Å². The molecular formula is C15H10F3NO3. The van der Waals surface area contributed by atoms with E-state index in [0.717, 1.165) is 12.1 Å². The highest BCUT2D eigenvalue weighted by Crippen LogP contribution is 2.33. The molecule has 0 aromatic heterocycles. The van der Waals surface area contributed by atoms with E-state index in [1.165, 1.54) is 18.2 Å². The summed E-state index contributed by atoms with van der Waals surface area (Å²) >= 11 is 0. The van der Waals surface area contributed by atoms with Gasteiger partial charge >= 0.3 is 6.18 Å². The molecule has 1 amide bonds. The quantitative estimate of drug-likeness (QED) is 0.920. The summed E-state index contributed by atoms with van der Waals surface area (Å²) < 4.78 is 47.7. The molecule has 2 aromatic rings. The second-order valence-electron chi connectivity index (χ2n) is 4.60. The Labute approximate surface area is 123 Å². The van der Waals surface area contributed by atoms with Gasteiger partial charge in [-0.05, 0) is 42.5 Å². The van der Waals surface area contributed by atoms with E-state index >= 15 is 0 Å². The lowest BCUT2D eigenvalue weighted by Gasteiger charge is -2.09. The molecule has 0 aliphatic carbocycles. The second kappa shape index (κ2) is 5.25. The maximum absolute atomic E-state index is 12.5. The summed E-state index contributed by atoms with van der Waals surface area (Å²) in [6, 6.07) is 8.89. The lowest BCUT2D eigenvalue weighted by atomic mass is 10.1. The van der Waals surface area contributed by atoms with Crippen molar-refractivity contribution in [3.8, 4) is 11.5 Å². The van der Waals surface area contributed by atoms with Crippen LogP contribution in [-0.4, -0.2) is 12.7 Å². The summed E-state index contributed by atoms with van der Waals surface area (Å²) in [5.74, 6) is 0.559. The average molecular weight is 309 g/mol. The summed E-state index contributed by atoms with van der Waals surface area (Å²) in [7, 11) is 0. The Balaban J connectivity index is 1.74. The molecule has 0 atom stereocenters. The fraction of sp³-hybridized carbons (Fsp3) is 0.133. The molecule has 0 bridgehead atoms. The smallest absolute Gasteiger partial charge is 0.416 e. The summed E-state index contributed by atoms with van der Waals surface area (Å²) in [6.45, 7) is 0.0965. The fourth-order valence-corrected chi connectivity index (χ4v) is 1.98. The van der Waals surface area contributed by atoms with E-state index in [2.05, 4.69) is 5.32 Å². The van der Waals surface area contributed by atoms with Gasteiger partial charge in [0.1, 0.15) is 0 Å². The number of amides is 1. The number of hydrogen-bond acceptors (Lipinski definition) is 3. The highest BCUT2D eigenvalue weighted by molar-refractivity contribution is 6.04. The summed E-state index contributed by atoms with van der Waals surface area (Å²) in [6.07, 6.45) is -4.40. The lowest BCUT2D eigenvalue weighted by molar-refractivity contribution is -0.137. The molecule has 0 saturated heterocycles. The van der Waals surface area contributed by atoms with Crippen LogP contribution in [0.25, 0.3) is 0 Å². The molecule has 0 radical (unpaired) electrons. The van der Waals surface area contributed by atoms with Gasteiger partial charge in [0.05, 0.1) is 5.56 Å². The van der Waals surface area contributed by atoms with Gasteiger partial charge in [-0.15, -0.1) is 0 Å². The van der Waals surface area contributed by atoms with Crippen LogP contribution in [0.4, 0.5) is 18.9 Å². The Hall–Kier alpha value is -2.70. The van der Waals surface area contributed by atoms with Crippen LogP contribution in [0, 0.1) is 0 Å². The highest BCUT2D eigenvalue weighted by Gasteiger charge is 2.30. The van der Waals surface area contributed by atoms with Gasteiger partial charge in [-0.2, -0.15) is 13.2 Å². The molecular weight excluding hydrogens is 299 g/mol. The third-order valence-electron chi connectivity index (χ3n) is 3.10. The SMILES string of the molecule is O=C(Nc1ccc(C(F)(F)F)cc1)c1ccc2c(c1)OCO2. The second-order valence-corrected chi connectivity index (χ2v) is 4.60. The van der Waals surface area contributed by atoms with Crippen molar-refractivity contribution in [2.75, 3.05) is 12.1 Å². The first kappa shape index (κ1) is 14.2. The molecule has 2 aromatic carbocycles. The summed E-state index contributed by atoms with van der Waals surface area (Å²) in [5, 5.41) is 2.53. The monoisotopic (exact) mass is 309 g/mol. The number of carbonyl (C=O) groups excluding carboxylic acids is 1. The van der Waals surface area contributed by atoms with Gasteiger partial charge in [-0.25, -0.2) is 0 Å². The maximum Gasteiger partial charge on any atom is 0.416 e. The molecule has 1 N–H and O–H groups in total. The van der Waals surface area contributed by atoms with Crippen molar-refractivity contribution in [2.24, 2.45) is 0 Å². The Kier molecular flexibility index (Phi) is 3.40. The Bertz CT molecular complexity index is 711. The number of anilines is 1. The number of alkyl halides is 3. The molecule has 4 nitrogen and oxygen atoms in total. The molecule has 0 spiro atoms. The van der Waals surface area contributed by atoms with Crippen LogP contribution in [0.2, 0.25) is 0 Å². The first-order valence-corrected chi connectivity index (χ1v) is 6.32. The number of ether oxygens (including phenoxy) is 2. The number of nitrogens with one attached hydrogen (secondary N) is 1. The Morgan fingerprint density at radius 2 is 1.68 bits per heavy atom. The van der Waals surface area contributed by atoms with Crippen molar-refractivity contribution < 1.29 is 27.4 Å². The molecule has 0 fully saturated rings. The first-order chi connectivity index (χ1) is 10.4. The van der Waals surface area contributed by atoms with E-state index in [-0.39, 0.29) is 12.5 Å². The average Bonchev–Trinajstić information content (AvgIpc) is 2.94. The van der Waals surface area contributed by atoms with Crippen molar-refractivity contribution in [2.45, 2.75) is 6.18 Å². The molecule has 0 saturated carbocycles. The number of halogens is 3. The van der Waals surface area contributed by atoms with Gasteiger partial charge in [-0.3, -0.25) is 4.79 Å². The Morgan fingerprint density at radius 3 is 2.36 bits per heavy atom. The maximum atomic E-state index is 12.5. The van der Waals surface area contributed by atoms with Crippen LogP contribution in [-0.2, 0) is 6.18 Å². The molecule has 0 unspecified atom stereocenters. The predicted molar refractivity (Wildman–Crippen MR) is 72.0 cm³/mol. The minimum absolute atomic E-state index is 0.0965. The zero-order valence-corrected chi connectivity index (χ0v) is 11.1. The number of carbonyl (C=O) groups is 1. The van der Waals surface area contributed by atoms with E-state index in [4.69, 9.17) is 9.47 Å². The van der Waals surface area contributed by atoms with Crippen LogP contribution in [0.1, 0.15) is 15.9 Å². The van der Waals surface area contributed by atoms with Gasteiger partial charge < -0.3 is 14.8 Å². The highest BCUT2D eigenvalue weighted by atomic mass is 19.4. The first-order valence-electron chi connectivity index (χ1n) is 6.32. The summed E-state index contributed by atoms with van der Waals surface area (Å²) in [4.78, 5) is 12.1. The third-order valence-corrected chi connectivity index (χ3v) is 3.10. The van der Waals surface area contributed by atoms with Crippen LogP contribution in [0.3, 0.4) is 0 Å². The van der Waals surface area contributed by atoms with Crippen molar-refractivity contribution in [1.29, 1.82) is 0 Å². The molecule has 1 aliphatic rings. The summed E-state index contributed by atoms with van der Waals surface area (Å²) in [5.41, 5.74) is -0.173. The molecule has 114 valence electrons. The molecule has 1 aliphatic heterocycles. The number of fused-ring (bicyclic) bond motifs is 1. The largest absolute Gasteiger partial charge is 0.454 e. The zero-order chi connectivity index (χ0) is 15.7. The normalized spacial score (nSPS) is 13.0. The zero-order valence-electron chi connectivity index (χ0n) is 11.1. The van der Waals surface area contributed by atoms with E-state index in [1.807, 2.05) is 0 Å². The fourth-order valence-electron chi connectivity index (χ4n) is 1.98. The minimum atomic E-state index is -4.40. The lowest BCUT2D eigenvalue weighted by Crippen LogP contribution is -2.12. The minimum Gasteiger partial charge on any atom is -0.454 e. The van der Waals surface area contributed by atoms with Gasteiger partial charge in [-0.1, -0.05) is 0 Å². The van der Waals surface area contributed by atoms with Crippen molar-refractivity contribution in [3.05, 3.63) is 53.6 Å². The topological polar surface area (TPSA) is 47.6 Å². The van der Waals surface area contributed by atoms with E-state index in [9.17, 15) is 18.0 Å². The van der Waals surface area contributed by atoms with Gasteiger partial charge in [0.25, 0.3) is 5.91 Å².